The second-order valence-electron chi connectivity index (χ2n) is 7.46. The molecule has 0 unspecified atom stereocenters. The topological polar surface area (TPSA) is 40.5 Å². The minimum atomic E-state index is 0.364. The van der Waals surface area contributed by atoms with Crippen LogP contribution < -0.4 is 0 Å². The van der Waals surface area contributed by atoms with Crippen LogP contribution in [0.3, 0.4) is 0 Å². The van der Waals surface area contributed by atoms with E-state index in [0.717, 1.165) is 12.8 Å². The van der Waals surface area contributed by atoms with Crippen molar-refractivity contribution >= 4 is 21.6 Å². The molecule has 2 N–H and O–H groups in total. The molecule has 0 spiro atoms. The molecule has 0 aliphatic carbocycles. The zero-order valence-electron chi connectivity index (χ0n) is 17.3. The number of aliphatic hydroxyl groups excluding tert-OH is 2. The number of hydrogen-bond donors (Lipinski definition) is 2. The standard InChI is InChI=1S/C22H46O2S2/c23-19-15-11-7-3-1-5-9-13-17-21-25-26-22-18-14-10-6-2-4-8-12-16-20-24/h23-24H,1-22H2. The Morgan fingerprint density at radius 1 is 0.308 bits per heavy atom. The molecule has 0 aliphatic rings. The SMILES string of the molecule is OCCCCCCCCCCCSSCCCCCCCCCCCO. The Kier molecular flexibility index (Phi) is 26.2. The molecule has 0 saturated heterocycles. The second kappa shape index (κ2) is 25.6. The molecule has 0 rings (SSSR count). The highest BCUT2D eigenvalue weighted by Gasteiger charge is 1.96. The van der Waals surface area contributed by atoms with E-state index in [0.29, 0.717) is 13.2 Å². The maximum atomic E-state index is 8.72. The summed E-state index contributed by atoms with van der Waals surface area (Å²) in [5.74, 6) is 2.66. The zero-order chi connectivity index (χ0) is 19.0. The van der Waals surface area contributed by atoms with Crippen LogP contribution in [0.5, 0.6) is 0 Å². The van der Waals surface area contributed by atoms with E-state index in [-0.39, 0.29) is 0 Å². The van der Waals surface area contributed by atoms with Crippen molar-refractivity contribution in [1.29, 1.82) is 0 Å². The van der Waals surface area contributed by atoms with Gasteiger partial charge in [-0.15, -0.1) is 0 Å². The molecule has 158 valence electrons. The van der Waals surface area contributed by atoms with Gasteiger partial charge in [-0.1, -0.05) is 111 Å². The van der Waals surface area contributed by atoms with E-state index in [1.165, 1.54) is 114 Å². The van der Waals surface area contributed by atoms with Gasteiger partial charge in [-0.25, -0.2) is 0 Å². The van der Waals surface area contributed by atoms with Crippen molar-refractivity contribution in [3.05, 3.63) is 0 Å². The van der Waals surface area contributed by atoms with E-state index >= 15 is 0 Å². The number of unbranched alkanes of at least 4 members (excludes halogenated alkanes) is 16. The molecule has 0 radical (unpaired) electrons. The van der Waals surface area contributed by atoms with Gasteiger partial charge in [-0.05, 0) is 25.7 Å². The third-order valence-electron chi connectivity index (χ3n) is 4.85. The lowest BCUT2D eigenvalue weighted by Gasteiger charge is -2.04. The maximum absolute atomic E-state index is 8.72. The van der Waals surface area contributed by atoms with E-state index in [4.69, 9.17) is 10.2 Å². The molecule has 0 bridgehead atoms. The summed E-state index contributed by atoms with van der Waals surface area (Å²) >= 11 is 0. The van der Waals surface area contributed by atoms with Gasteiger partial charge in [0.1, 0.15) is 0 Å². The maximum Gasteiger partial charge on any atom is 0.0431 e. The van der Waals surface area contributed by atoms with Crippen LogP contribution in [0.25, 0.3) is 0 Å². The Bertz CT molecular complexity index is 216. The lowest BCUT2D eigenvalue weighted by Crippen LogP contribution is -1.85. The van der Waals surface area contributed by atoms with Gasteiger partial charge < -0.3 is 10.2 Å². The number of hydrogen-bond acceptors (Lipinski definition) is 4. The van der Waals surface area contributed by atoms with E-state index < -0.39 is 0 Å². The van der Waals surface area contributed by atoms with Crippen molar-refractivity contribution in [2.24, 2.45) is 0 Å². The van der Waals surface area contributed by atoms with Gasteiger partial charge in [0.25, 0.3) is 0 Å². The highest BCUT2D eigenvalue weighted by molar-refractivity contribution is 8.76. The fraction of sp³-hybridized carbons (Fsp3) is 1.00. The van der Waals surface area contributed by atoms with E-state index in [1.807, 2.05) is 0 Å². The van der Waals surface area contributed by atoms with Crippen LogP contribution in [0.2, 0.25) is 0 Å². The van der Waals surface area contributed by atoms with Crippen molar-refractivity contribution in [3.63, 3.8) is 0 Å². The third-order valence-corrected chi connectivity index (χ3v) is 7.43. The first-order valence-electron chi connectivity index (χ1n) is 11.4. The summed E-state index contributed by atoms with van der Waals surface area (Å²) in [4.78, 5) is 0. The molecule has 0 heterocycles. The van der Waals surface area contributed by atoms with Crippen molar-refractivity contribution in [1.82, 2.24) is 0 Å². The fourth-order valence-electron chi connectivity index (χ4n) is 3.14. The predicted molar refractivity (Wildman–Crippen MR) is 122 cm³/mol. The molecular weight excluding hydrogens is 360 g/mol. The van der Waals surface area contributed by atoms with Crippen molar-refractivity contribution < 1.29 is 10.2 Å². The molecule has 0 aromatic carbocycles. The zero-order valence-corrected chi connectivity index (χ0v) is 18.9. The molecule has 0 saturated carbocycles. The Morgan fingerprint density at radius 2 is 0.538 bits per heavy atom. The fourth-order valence-corrected chi connectivity index (χ4v) is 5.43. The minimum Gasteiger partial charge on any atom is -0.396 e. The summed E-state index contributed by atoms with van der Waals surface area (Å²) in [6, 6.07) is 0. The number of aliphatic hydroxyl groups is 2. The Hall–Kier alpha value is 0.620. The van der Waals surface area contributed by atoms with Crippen molar-refractivity contribution in [2.45, 2.75) is 116 Å². The summed E-state index contributed by atoms with van der Waals surface area (Å²) in [5.41, 5.74) is 0. The minimum absolute atomic E-state index is 0.364. The van der Waals surface area contributed by atoms with Crippen LogP contribution in [0.15, 0.2) is 0 Å². The summed E-state index contributed by atoms with van der Waals surface area (Å²) in [5, 5.41) is 17.4. The van der Waals surface area contributed by atoms with Gasteiger partial charge in [0.2, 0.25) is 0 Å². The van der Waals surface area contributed by atoms with Crippen LogP contribution in [-0.2, 0) is 0 Å². The first-order valence-corrected chi connectivity index (χ1v) is 13.9. The first kappa shape index (κ1) is 26.6. The van der Waals surface area contributed by atoms with Crippen molar-refractivity contribution in [3.8, 4) is 0 Å². The molecule has 0 aromatic rings. The van der Waals surface area contributed by atoms with Gasteiger partial charge in [-0.2, -0.15) is 0 Å². The van der Waals surface area contributed by atoms with E-state index in [9.17, 15) is 0 Å². The monoisotopic (exact) mass is 406 g/mol. The lowest BCUT2D eigenvalue weighted by atomic mass is 10.1. The van der Waals surface area contributed by atoms with Crippen LogP contribution in [0, 0.1) is 0 Å². The van der Waals surface area contributed by atoms with Gasteiger partial charge >= 0.3 is 0 Å². The molecule has 0 atom stereocenters. The predicted octanol–water partition coefficient (Wildman–Crippen LogP) is 7.37. The molecule has 4 heteroatoms. The summed E-state index contributed by atoms with van der Waals surface area (Å²) in [6.45, 7) is 0.727. The summed E-state index contributed by atoms with van der Waals surface area (Å²) < 4.78 is 0. The number of rotatable bonds is 23. The van der Waals surface area contributed by atoms with Crippen LogP contribution >= 0.6 is 21.6 Å². The molecule has 0 aromatic heterocycles. The smallest absolute Gasteiger partial charge is 0.0431 e. The van der Waals surface area contributed by atoms with Gasteiger partial charge in [0.15, 0.2) is 0 Å². The third kappa shape index (κ3) is 24.6. The lowest BCUT2D eigenvalue weighted by molar-refractivity contribution is 0.282. The largest absolute Gasteiger partial charge is 0.396 e. The normalized spacial score (nSPS) is 11.3. The van der Waals surface area contributed by atoms with Gasteiger partial charge in [-0.3, -0.25) is 0 Å². The van der Waals surface area contributed by atoms with Gasteiger partial charge in [0.05, 0.1) is 0 Å². The average molecular weight is 407 g/mol. The Morgan fingerprint density at radius 3 is 0.808 bits per heavy atom. The highest BCUT2D eigenvalue weighted by atomic mass is 33.1. The van der Waals surface area contributed by atoms with Gasteiger partial charge in [0, 0.05) is 24.7 Å². The second-order valence-corrected chi connectivity index (χ2v) is 10.2. The van der Waals surface area contributed by atoms with Crippen LogP contribution in [0.1, 0.15) is 116 Å². The highest BCUT2D eigenvalue weighted by Crippen LogP contribution is 2.25. The average Bonchev–Trinajstić information content (AvgIpc) is 2.66. The molecular formula is C22H46O2S2. The van der Waals surface area contributed by atoms with Crippen LogP contribution in [0.4, 0.5) is 0 Å². The van der Waals surface area contributed by atoms with Crippen molar-refractivity contribution in [2.75, 3.05) is 24.7 Å². The van der Waals surface area contributed by atoms with E-state index in [2.05, 4.69) is 21.6 Å². The van der Waals surface area contributed by atoms with Crippen LogP contribution in [-0.4, -0.2) is 34.9 Å². The molecule has 0 aliphatic heterocycles. The molecule has 0 fully saturated rings. The first-order chi connectivity index (χ1) is 12.9. The molecule has 26 heavy (non-hydrogen) atoms. The van der Waals surface area contributed by atoms with E-state index in [1.54, 1.807) is 0 Å². The summed E-state index contributed by atoms with van der Waals surface area (Å²) in [7, 11) is 4.17. The molecule has 0 amide bonds. The Balaban J connectivity index is 2.95. The Labute approximate surface area is 172 Å². The quantitative estimate of drug-likeness (QED) is 0.137. The summed E-state index contributed by atoms with van der Waals surface area (Å²) in [6.07, 6.45) is 23.7. The molecule has 2 nitrogen and oxygen atoms in total.